The lowest BCUT2D eigenvalue weighted by atomic mass is 9.62. The van der Waals surface area contributed by atoms with Gasteiger partial charge in [0.1, 0.15) is 12.6 Å². The van der Waals surface area contributed by atoms with Crippen LogP contribution in [0.2, 0.25) is 0 Å². The summed E-state index contributed by atoms with van der Waals surface area (Å²) in [6.07, 6.45) is 4.64. The lowest BCUT2D eigenvalue weighted by Crippen LogP contribution is -3.14. The van der Waals surface area contributed by atoms with Crippen molar-refractivity contribution in [2.45, 2.75) is 59.0 Å². The fourth-order valence-corrected chi connectivity index (χ4v) is 4.94. The third-order valence-corrected chi connectivity index (χ3v) is 6.99. The van der Waals surface area contributed by atoms with Crippen molar-refractivity contribution in [3.8, 4) is 0 Å². The fourth-order valence-electron chi connectivity index (χ4n) is 4.94. The molecule has 5 heteroatoms. The number of imide groups is 1. The number of carbonyl (C=O) groups excluding carboxylic acids is 2. The van der Waals surface area contributed by atoms with E-state index in [1.54, 1.807) is 0 Å². The van der Waals surface area contributed by atoms with Gasteiger partial charge in [-0.25, -0.2) is 0 Å². The maximum atomic E-state index is 12.9. The summed E-state index contributed by atoms with van der Waals surface area (Å²) in [5.74, 6) is -0.226. The normalized spacial score (nSPS) is 35.7. The highest BCUT2D eigenvalue weighted by molar-refractivity contribution is 6.03. The second kappa shape index (κ2) is 5.85. The van der Waals surface area contributed by atoms with E-state index in [0.29, 0.717) is 6.54 Å². The number of rotatable bonds is 4. The number of piperidine rings is 2. The number of quaternary nitrogens is 1. The fraction of sp³-hybridized carbons (Fsp3) is 0.889. The Morgan fingerprint density at radius 3 is 2.52 bits per heavy atom. The van der Waals surface area contributed by atoms with Crippen LogP contribution in [-0.2, 0) is 9.59 Å². The van der Waals surface area contributed by atoms with Crippen molar-refractivity contribution in [3.63, 3.8) is 0 Å². The minimum absolute atomic E-state index is 0.0670. The first-order valence-electron chi connectivity index (χ1n) is 9.15. The molecule has 2 heterocycles. The summed E-state index contributed by atoms with van der Waals surface area (Å²) in [6.45, 7) is 9.08. The van der Waals surface area contributed by atoms with Gasteiger partial charge in [0.2, 0.25) is 11.8 Å². The lowest BCUT2D eigenvalue weighted by molar-refractivity contribution is -0.907. The second-order valence-corrected chi connectivity index (χ2v) is 8.57. The average Bonchev–Trinajstić information content (AvgIpc) is 2.70. The van der Waals surface area contributed by atoms with Crippen LogP contribution in [0.15, 0.2) is 0 Å². The molecule has 0 aromatic carbocycles. The predicted molar refractivity (Wildman–Crippen MR) is 86.8 cm³/mol. The number of aliphatic hydroxyl groups excluding tert-OH is 1. The molecule has 0 radical (unpaired) electrons. The number of fused-ring (bicyclic) bond motifs is 2. The molecule has 1 aliphatic carbocycles. The SMILES string of the molecule is CC1(C)[C@H]2CC[C@@]1(C)C(=O)N(C[C@H](O)C[NH+]1CCCCC1)C2=O. The van der Waals surface area contributed by atoms with Crippen LogP contribution >= 0.6 is 0 Å². The van der Waals surface area contributed by atoms with E-state index in [4.69, 9.17) is 0 Å². The molecule has 23 heavy (non-hydrogen) atoms. The Labute approximate surface area is 139 Å². The summed E-state index contributed by atoms with van der Waals surface area (Å²) in [5, 5.41) is 10.4. The Kier molecular flexibility index (Phi) is 4.30. The van der Waals surface area contributed by atoms with Gasteiger partial charge >= 0.3 is 0 Å². The molecule has 2 saturated heterocycles. The van der Waals surface area contributed by atoms with Gasteiger partial charge in [0.25, 0.3) is 0 Å². The molecule has 2 bridgehead atoms. The molecule has 0 aromatic rings. The van der Waals surface area contributed by atoms with E-state index in [9.17, 15) is 14.7 Å². The molecule has 2 aliphatic heterocycles. The van der Waals surface area contributed by atoms with Gasteiger partial charge < -0.3 is 10.0 Å². The summed E-state index contributed by atoms with van der Waals surface area (Å²) >= 11 is 0. The van der Waals surface area contributed by atoms with E-state index in [-0.39, 0.29) is 29.7 Å². The van der Waals surface area contributed by atoms with Gasteiger partial charge in [-0.1, -0.05) is 20.8 Å². The van der Waals surface area contributed by atoms with Crippen molar-refractivity contribution in [1.29, 1.82) is 0 Å². The molecule has 3 rings (SSSR count). The number of carbonyl (C=O) groups is 2. The maximum absolute atomic E-state index is 12.9. The minimum atomic E-state index is -0.611. The smallest absolute Gasteiger partial charge is 0.235 e. The molecule has 3 aliphatic rings. The first-order valence-corrected chi connectivity index (χ1v) is 9.15. The molecule has 2 amide bonds. The summed E-state index contributed by atoms with van der Waals surface area (Å²) in [5.41, 5.74) is -0.746. The van der Waals surface area contributed by atoms with Crippen LogP contribution in [0, 0.1) is 16.7 Å². The summed E-state index contributed by atoms with van der Waals surface area (Å²) in [4.78, 5) is 28.5. The molecule has 0 unspecified atom stereocenters. The summed E-state index contributed by atoms with van der Waals surface area (Å²) in [6, 6.07) is 0. The van der Waals surface area contributed by atoms with E-state index in [1.165, 1.54) is 29.1 Å². The average molecular weight is 323 g/mol. The first-order chi connectivity index (χ1) is 10.8. The first kappa shape index (κ1) is 16.9. The predicted octanol–water partition coefficient (Wildman–Crippen LogP) is 0.227. The van der Waals surface area contributed by atoms with Gasteiger partial charge in [0.05, 0.1) is 25.0 Å². The molecule has 130 valence electrons. The summed E-state index contributed by atoms with van der Waals surface area (Å²) in [7, 11) is 0. The molecule has 1 saturated carbocycles. The Morgan fingerprint density at radius 2 is 1.87 bits per heavy atom. The largest absolute Gasteiger partial charge is 0.385 e. The van der Waals surface area contributed by atoms with Gasteiger partial charge in [-0.3, -0.25) is 14.5 Å². The number of β-amino-alcohol motifs (C(OH)–C–C–N with tert-alkyl or cyclic N) is 1. The quantitative estimate of drug-likeness (QED) is 0.728. The van der Waals surface area contributed by atoms with Crippen molar-refractivity contribution in [2.75, 3.05) is 26.2 Å². The van der Waals surface area contributed by atoms with E-state index in [1.807, 2.05) is 20.8 Å². The van der Waals surface area contributed by atoms with Crippen LogP contribution in [0.5, 0.6) is 0 Å². The van der Waals surface area contributed by atoms with Gasteiger partial charge in [-0.15, -0.1) is 0 Å². The summed E-state index contributed by atoms with van der Waals surface area (Å²) < 4.78 is 0. The highest BCUT2D eigenvalue weighted by atomic mass is 16.3. The molecule has 5 nitrogen and oxygen atoms in total. The number of amides is 2. The van der Waals surface area contributed by atoms with Crippen LogP contribution in [0.1, 0.15) is 52.9 Å². The Bertz CT molecular complexity index is 498. The number of nitrogens with one attached hydrogen (secondary N) is 1. The van der Waals surface area contributed by atoms with E-state index in [2.05, 4.69) is 0 Å². The second-order valence-electron chi connectivity index (χ2n) is 8.57. The topological polar surface area (TPSA) is 62.1 Å². The standard InChI is InChI=1S/C18H30N2O3/c1-17(2)14-7-8-18(17,3)16(23)20(15(14)22)12-13(21)11-19-9-5-4-6-10-19/h13-14,21H,4-12H2,1-3H3/p+1/t13-,14+,18+/m1/s1. The van der Waals surface area contributed by atoms with Crippen LogP contribution in [0.3, 0.4) is 0 Å². The zero-order valence-electron chi connectivity index (χ0n) is 14.7. The zero-order valence-corrected chi connectivity index (χ0v) is 14.7. The number of aliphatic hydroxyl groups is 1. The third-order valence-electron chi connectivity index (χ3n) is 6.99. The van der Waals surface area contributed by atoms with E-state index in [0.717, 1.165) is 25.9 Å². The van der Waals surface area contributed by atoms with E-state index >= 15 is 0 Å². The lowest BCUT2D eigenvalue weighted by Gasteiger charge is -2.48. The molecular weight excluding hydrogens is 292 g/mol. The maximum Gasteiger partial charge on any atom is 0.235 e. The molecule has 3 atom stereocenters. The monoisotopic (exact) mass is 323 g/mol. The van der Waals surface area contributed by atoms with Crippen LogP contribution < -0.4 is 4.90 Å². The highest BCUT2D eigenvalue weighted by Crippen LogP contribution is 2.59. The van der Waals surface area contributed by atoms with Gasteiger partial charge in [0, 0.05) is 5.92 Å². The van der Waals surface area contributed by atoms with Crippen molar-refractivity contribution in [3.05, 3.63) is 0 Å². The van der Waals surface area contributed by atoms with Crippen LogP contribution in [0.25, 0.3) is 0 Å². The number of hydrogen-bond acceptors (Lipinski definition) is 3. The molecule has 0 spiro atoms. The third kappa shape index (κ3) is 2.62. The number of nitrogens with zero attached hydrogens (tertiary/aromatic N) is 1. The Morgan fingerprint density at radius 1 is 1.22 bits per heavy atom. The Balaban J connectivity index is 1.68. The minimum Gasteiger partial charge on any atom is -0.385 e. The van der Waals surface area contributed by atoms with Crippen molar-refractivity contribution >= 4 is 11.8 Å². The van der Waals surface area contributed by atoms with Gasteiger partial charge in [-0.05, 0) is 37.5 Å². The highest BCUT2D eigenvalue weighted by Gasteiger charge is 2.64. The van der Waals surface area contributed by atoms with Gasteiger partial charge in [-0.2, -0.15) is 0 Å². The molecular formula is C18H31N2O3+. The Hall–Kier alpha value is -0.940. The van der Waals surface area contributed by atoms with Crippen molar-refractivity contribution in [2.24, 2.45) is 16.7 Å². The number of likely N-dealkylation sites (tertiary alicyclic amines) is 2. The van der Waals surface area contributed by atoms with E-state index < -0.39 is 11.5 Å². The van der Waals surface area contributed by atoms with Crippen LogP contribution in [-0.4, -0.2) is 54.1 Å². The number of hydrogen-bond donors (Lipinski definition) is 2. The molecule has 2 N–H and O–H groups in total. The van der Waals surface area contributed by atoms with Crippen molar-refractivity contribution in [1.82, 2.24) is 4.90 Å². The van der Waals surface area contributed by atoms with Crippen LogP contribution in [0.4, 0.5) is 0 Å². The zero-order chi connectivity index (χ0) is 16.8. The van der Waals surface area contributed by atoms with Gasteiger partial charge in [0.15, 0.2) is 0 Å². The van der Waals surface area contributed by atoms with Crippen molar-refractivity contribution < 1.29 is 19.6 Å². The molecule has 0 aromatic heterocycles. The molecule has 3 fully saturated rings.